The Hall–Kier alpha value is -0.510. The van der Waals surface area contributed by atoms with Crippen LogP contribution in [0, 0.1) is 0 Å². The van der Waals surface area contributed by atoms with E-state index in [1.165, 1.54) is 42.9 Å². The Morgan fingerprint density at radius 1 is 1.15 bits per heavy atom. The second kappa shape index (κ2) is 10.3. The fourth-order valence-electron chi connectivity index (χ4n) is 2.30. The summed E-state index contributed by atoms with van der Waals surface area (Å²) >= 11 is 1.79. The molecule has 0 heterocycles. The van der Waals surface area contributed by atoms with Gasteiger partial charge in [0.25, 0.3) is 0 Å². The van der Waals surface area contributed by atoms with Crippen molar-refractivity contribution in [2.24, 2.45) is 0 Å². The van der Waals surface area contributed by atoms with Crippen molar-refractivity contribution in [2.45, 2.75) is 51.1 Å². The van der Waals surface area contributed by atoms with Crippen LogP contribution in [0.15, 0.2) is 29.2 Å². The SMILES string of the molecule is CCN(CC)CCCC(C)NCc1ccc(SC)cc1. The number of hydrogen-bond acceptors (Lipinski definition) is 3. The maximum atomic E-state index is 3.62. The van der Waals surface area contributed by atoms with Gasteiger partial charge in [-0.15, -0.1) is 11.8 Å². The molecule has 0 aliphatic rings. The molecule has 3 heteroatoms. The summed E-state index contributed by atoms with van der Waals surface area (Å²) in [5.74, 6) is 0. The molecule has 1 atom stereocenters. The Morgan fingerprint density at radius 2 is 1.80 bits per heavy atom. The third kappa shape index (κ3) is 6.78. The predicted octanol–water partition coefficient (Wildman–Crippen LogP) is 4.01. The molecule has 0 aliphatic heterocycles. The zero-order valence-electron chi connectivity index (χ0n) is 13.5. The molecule has 1 unspecified atom stereocenters. The van der Waals surface area contributed by atoms with Crippen LogP contribution in [0.4, 0.5) is 0 Å². The summed E-state index contributed by atoms with van der Waals surface area (Å²) in [5, 5.41) is 3.62. The van der Waals surface area contributed by atoms with E-state index in [-0.39, 0.29) is 0 Å². The normalized spacial score (nSPS) is 12.8. The third-order valence-corrected chi connectivity index (χ3v) is 4.56. The van der Waals surface area contributed by atoms with Crippen molar-refractivity contribution >= 4 is 11.8 Å². The first kappa shape index (κ1) is 17.5. The first-order valence-electron chi connectivity index (χ1n) is 7.78. The van der Waals surface area contributed by atoms with Crippen molar-refractivity contribution < 1.29 is 0 Å². The molecule has 114 valence electrons. The lowest BCUT2D eigenvalue weighted by Crippen LogP contribution is -2.28. The summed E-state index contributed by atoms with van der Waals surface area (Å²) in [6.45, 7) is 11.3. The average Bonchev–Trinajstić information content (AvgIpc) is 2.50. The number of rotatable bonds is 10. The van der Waals surface area contributed by atoms with Crippen LogP contribution in [-0.2, 0) is 6.54 Å². The van der Waals surface area contributed by atoms with Gasteiger partial charge in [-0.05, 0) is 63.4 Å². The van der Waals surface area contributed by atoms with Gasteiger partial charge in [0.1, 0.15) is 0 Å². The van der Waals surface area contributed by atoms with Crippen molar-refractivity contribution in [2.75, 3.05) is 25.9 Å². The molecule has 0 bridgehead atoms. The minimum Gasteiger partial charge on any atom is -0.310 e. The van der Waals surface area contributed by atoms with Crippen molar-refractivity contribution in [3.8, 4) is 0 Å². The van der Waals surface area contributed by atoms with E-state index in [1.54, 1.807) is 11.8 Å². The first-order chi connectivity index (χ1) is 9.69. The summed E-state index contributed by atoms with van der Waals surface area (Å²) in [6.07, 6.45) is 4.64. The maximum Gasteiger partial charge on any atom is 0.0207 e. The molecule has 0 spiro atoms. The lowest BCUT2D eigenvalue weighted by molar-refractivity contribution is 0.290. The van der Waals surface area contributed by atoms with E-state index >= 15 is 0 Å². The summed E-state index contributed by atoms with van der Waals surface area (Å²) in [7, 11) is 0. The van der Waals surface area contributed by atoms with Crippen LogP contribution < -0.4 is 5.32 Å². The van der Waals surface area contributed by atoms with Crippen LogP contribution in [0.1, 0.15) is 39.2 Å². The van der Waals surface area contributed by atoms with E-state index in [1.807, 2.05) is 0 Å². The number of thioether (sulfide) groups is 1. The van der Waals surface area contributed by atoms with Gasteiger partial charge in [0.05, 0.1) is 0 Å². The first-order valence-corrected chi connectivity index (χ1v) is 9.00. The molecule has 1 N–H and O–H groups in total. The Bertz CT molecular complexity index is 347. The van der Waals surface area contributed by atoms with Gasteiger partial charge in [-0.25, -0.2) is 0 Å². The molecule has 0 radical (unpaired) electrons. The predicted molar refractivity (Wildman–Crippen MR) is 91.5 cm³/mol. The van der Waals surface area contributed by atoms with Crippen molar-refractivity contribution in [1.29, 1.82) is 0 Å². The van der Waals surface area contributed by atoms with Crippen LogP contribution in [-0.4, -0.2) is 36.8 Å². The molecule has 0 aromatic heterocycles. The van der Waals surface area contributed by atoms with Gasteiger partial charge < -0.3 is 10.2 Å². The second-order valence-electron chi connectivity index (χ2n) is 5.30. The van der Waals surface area contributed by atoms with Gasteiger partial charge in [-0.3, -0.25) is 0 Å². The van der Waals surface area contributed by atoms with Gasteiger partial charge in [0, 0.05) is 17.5 Å². The van der Waals surface area contributed by atoms with E-state index in [4.69, 9.17) is 0 Å². The van der Waals surface area contributed by atoms with E-state index in [2.05, 4.69) is 61.5 Å². The van der Waals surface area contributed by atoms with Gasteiger partial charge in [-0.1, -0.05) is 26.0 Å². The fourth-order valence-corrected chi connectivity index (χ4v) is 2.71. The van der Waals surface area contributed by atoms with Crippen LogP contribution in [0.2, 0.25) is 0 Å². The van der Waals surface area contributed by atoms with Crippen LogP contribution >= 0.6 is 11.8 Å². The number of nitrogens with zero attached hydrogens (tertiary/aromatic N) is 1. The Morgan fingerprint density at radius 3 is 2.35 bits per heavy atom. The smallest absolute Gasteiger partial charge is 0.0207 e. The molecule has 0 amide bonds. The molecule has 2 nitrogen and oxygen atoms in total. The van der Waals surface area contributed by atoms with Crippen molar-refractivity contribution in [3.05, 3.63) is 29.8 Å². The van der Waals surface area contributed by atoms with E-state index in [9.17, 15) is 0 Å². The monoisotopic (exact) mass is 294 g/mol. The molecule has 1 aromatic rings. The zero-order chi connectivity index (χ0) is 14.8. The summed E-state index contributed by atoms with van der Waals surface area (Å²) in [5.41, 5.74) is 1.37. The number of hydrogen-bond donors (Lipinski definition) is 1. The highest BCUT2D eigenvalue weighted by molar-refractivity contribution is 7.98. The minimum atomic E-state index is 0.589. The Labute approximate surface area is 129 Å². The molecule has 1 rings (SSSR count). The van der Waals surface area contributed by atoms with Crippen LogP contribution in [0.25, 0.3) is 0 Å². The highest BCUT2D eigenvalue weighted by Gasteiger charge is 2.04. The second-order valence-corrected chi connectivity index (χ2v) is 6.18. The molecule has 1 aromatic carbocycles. The molecule has 0 saturated heterocycles. The quantitative estimate of drug-likeness (QED) is 0.656. The number of benzene rings is 1. The molecule has 20 heavy (non-hydrogen) atoms. The van der Waals surface area contributed by atoms with Gasteiger partial charge >= 0.3 is 0 Å². The fraction of sp³-hybridized carbons (Fsp3) is 0.647. The highest BCUT2D eigenvalue weighted by Crippen LogP contribution is 2.14. The topological polar surface area (TPSA) is 15.3 Å². The minimum absolute atomic E-state index is 0.589. The largest absolute Gasteiger partial charge is 0.310 e. The molecule has 0 aliphatic carbocycles. The molecular formula is C17H30N2S. The molecular weight excluding hydrogens is 264 g/mol. The van der Waals surface area contributed by atoms with Crippen LogP contribution in [0.3, 0.4) is 0 Å². The van der Waals surface area contributed by atoms with E-state index in [0.717, 1.165) is 6.54 Å². The lowest BCUT2D eigenvalue weighted by atomic mass is 10.1. The summed E-state index contributed by atoms with van der Waals surface area (Å²) in [6, 6.07) is 9.44. The Kier molecular flexibility index (Phi) is 8.99. The average molecular weight is 295 g/mol. The van der Waals surface area contributed by atoms with Gasteiger partial charge in [0.15, 0.2) is 0 Å². The molecule has 0 fully saturated rings. The van der Waals surface area contributed by atoms with Crippen molar-refractivity contribution in [1.82, 2.24) is 10.2 Å². The van der Waals surface area contributed by atoms with Gasteiger partial charge in [0.2, 0.25) is 0 Å². The standard InChI is InChI=1S/C17H30N2S/c1-5-19(6-2)13-7-8-15(3)18-14-16-9-11-17(20-4)12-10-16/h9-12,15,18H,5-8,13-14H2,1-4H3. The third-order valence-electron chi connectivity index (χ3n) is 3.82. The van der Waals surface area contributed by atoms with E-state index in [0.29, 0.717) is 6.04 Å². The Balaban J connectivity index is 2.20. The summed E-state index contributed by atoms with van der Waals surface area (Å²) in [4.78, 5) is 3.83. The highest BCUT2D eigenvalue weighted by atomic mass is 32.2. The van der Waals surface area contributed by atoms with Gasteiger partial charge in [-0.2, -0.15) is 0 Å². The van der Waals surface area contributed by atoms with Crippen molar-refractivity contribution in [3.63, 3.8) is 0 Å². The maximum absolute atomic E-state index is 3.62. The lowest BCUT2D eigenvalue weighted by Gasteiger charge is -2.19. The number of nitrogens with one attached hydrogen (secondary N) is 1. The zero-order valence-corrected chi connectivity index (χ0v) is 14.3. The summed E-state index contributed by atoms with van der Waals surface area (Å²) < 4.78 is 0. The molecule has 0 saturated carbocycles. The van der Waals surface area contributed by atoms with Crippen LogP contribution in [0.5, 0.6) is 0 Å². The van der Waals surface area contributed by atoms with E-state index < -0.39 is 0 Å².